The van der Waals surface area contributed by atoms with Gasteiger partial charge in [0.2, 0.25) is 5.91 Å². The molecule has 9 heteroatoms. The van der Waals surface area contributed by atoms with Crippen molar-refractivity contribution in [3.8, 4) is 0 Å². The molecule has 134 valence electrons. The predicted molar refractivity (Wildman–Crippen MR) is 87.6 cm³/mol. The second-order valence-electron chi connectivity index (χ2n) is 5.19. The zero-order valence-electron chi connectivity index (χ0n) is 13.4. The molecule has 0 saturated heterocycles. The first-order valence-electron chi connectivity index (χ1n) is 7.27. The summed E-state index contributed by atoms with van der Waals surface area (Å²) in [5.74, 6) is -0.226. The van der Waals surface area contributed by atoms with Gasteiger partial charge in [-0.15, -0.1) is 23.7 Å². The first-order chi connectivity index (χ1) is 10.2. The van der Waals surface area contributed by atoms with E-state index in [0.717, 1.165) is 16.7 Å². The van der Waals surface area contributed by atoms with Gasteiger partial charge in [0, 0.05) is 11.9 Å². The van der Waals surface area contributed by atoms with E-state index in [1.54, 1.807) is 6.92 Å². The Labute approximate surface area is 144 Å². The van der Waals surface area contributed by atoms with E-state index >= 15 is 0 Å². The highest BCUT2D eigenvalue weighted by Gasteiger charge is 2.37. The van der Waals surface area contributed by atoms with E-state index < -0.39 is 23.3 Å². The van der Waals surface area contributed by atoms with Crippen molar-refractivity contribution in [3.63, 3.8) is 0 Å². The van der Waals surface area contributed by atoms with Crippen molar-refractivity contribution in [2.75, 3.05) is 6.54 Å². The van der Waals surface area contributed by atoms with Crippen LogP contribution < -0.4 is 11.1 Å². The third-order valence-corrected chi connectivity index (χ3v) is 5.01. The average molecular weight is 374 g/mol. The monoisotopic (exact) mass is 373 g/mol. The molecule has 3 N–H and O–H groups in total. The Balaban J connectivity index is 0.00000484. The summed E-state index contributed by atoms with van der Waals surface area (Å²) in [5, 5.41) is 4.04. The van der Waals surface area contributed by atoms with E-state index in [9.17, 15) is 18.0 Å². The summed E-state index contributed by atoms with van der Waals surface area (Å²) in [4.78, 5) is 16.1. The Bertz CT molecular complexity index is 495. The van der Waals surface area contributed by atoms with Crippen LogP contribution in [0.15, 0.2) is 5.38 Å². The van der Waals surface area contributed by atoms with E-state index in [4.69, 9.17) is 5.73 Å². The Hall–Kier alpha value is -0.860. The van der Waals surface area contributed by atoms with Crippen LogP contribution in [0.4, 0.5) is 13.2 Å². The van der Waals surface area contributed by atoms with Crippen molar-refractivity contribution in [1.82, 2.24) is 10.3 Å². The molecule has 1 unspecified atom stereocenters. The molecule has 0 aromatic carbocycles. The molecule has 1 rings (SSSR count). The molecule has 1 aromatic heterocycles. The number of nitrogens with one attached hydrogen (secondary N) is 1. The Kier molecular flexibility index (Phi) is 8.51. The molecule has 0 saturated carbocycles. The van der Waals surface area contributed by atoms with E-state index in [2.05, 4.69) is 10.3 Å². The van der Waals surface area contributed by atoms with Crippen molar-refractivity contribution in [2.24, 2.45) is 11.1 Å². The lowest BCUT2D eigenvalue weighted by Crippen LogP contribution is -2.46. The minimum atomic E-state index is -4.47. The third kappa shape index (κ3) is 5.06. The maximum absolute atomic E-state index is 12.6. The standard InChI is InChI=1S/C14H22F3N3OS.ClH/c1-4-9(11-20-10(7-22-11)14(15,16)17)19-12(21)13(5-2,6-3)8-18;/h7,9H,4-6,8,18H2,1-3H3,(H,19,21);1H. The number of rotatable bonds is 7. The molecule has 0 aliphatic heterocycles. The number of halogens is 4. The van der Waals surface area contributed by atoms with Gasteiger partial charge in [-0.1, -0.05) is 20.8 Å². The van der Waals surface area contributed by atoms with Gasteiger partial charge in [0.1, 0.15) is 5.01 Å². The van der Waals surface area contributed by atoms with Gasteiger partial charge in [0.15, 0.2) is 5.69 Å². The molecule has 23 heavy (non-hydrogen) atoms. The van der Waals surface area contributed by atoms with Crippen LogP contribution in [0.25, 0.3) is 0 Å². The number of nitrogens with zero attached hydrogens (tertiary/aromatic N) is 1. The Morgan fingerprint density at radius 2 is 1.91 bits per heavy atom. The normalized spacial score (nSPS) is 13.3. The van der Waals surface area contributed by atoms with Gasteiger partial charge in [-0.05, 0) is 19.3 Å². The SMILES string of the molecule is CCC(NC(=O)C(CC)(CC)CN)c1nc(C(F)(F)F)cs1.Cl. The lowest BCUT2D eigenvalue weighted by Gasteiger charge is -2.30. The topological polar surface area (TPSA) is 68.0 Å². The highest BCUT2D eigenvalue weighted by Crippen LogP contribution is 2.33. The van der Waals surface area contributed by atoms with Crippen LogP contribution in [0.5, 0.6) is 0 Å². The van der Waals surface area contributed by atoms with Crippen molar-refractivity contribution in [3.05, 3.63) is 16.1 Å². The molecule has 4 nitrogen and oxygen atoms in total. The van der Waals surface area contributed by atoms with Gasteiger partial charge in [-0.25, -0.2) is 4.98 Å². The lowest BCUT2D eigenvalue weighted by atomic mass is 9.81. The summed E-state index contributed by atoms with van der Waals surface area (Å²) in [7, 11) is 0. The zero-order valence-corrected chi connectivity index (χ0v) is 15.0. The minimum absolute atomic E-state index is 0. The van der Waals surface area contributed by atoms with E-state index in [1.807, 2.05) is 13.8 Å². The fourth-order valence-electron chi connectivity index (χ4n) is 2.18. The summed E-state index contributed by atoms with van der Waals surface area (Å²) in [6.07, 6.45) is -2.85. The maximum Gasteiger partial charge on any atom is 0.434 e. The number of hydrogen-bond donors (Lipinski definition) is 2. The number of aromatic nitrogens is 1. The highest BCUT2D eigenvalue weighted by molar-refractivity contribution is 7.09. The molecule has 1 atom stereocenters. The summed E-state index contributed by atoms with van der Waals surface area (Å²) in [6.45, 7) is 5.75. The fraction of sp³-hybridized carbons (Fsp3) is 0.714. The molecular weight excluding hydrogens is 351 g/mol. The lowest BCUT2D eigenvalue weighted by molar-refractivity contribution is -0.140. The molecule has 1 aromatic rings. The van der Waals surface area contributed by atoms with Gasteiger partial charge in [0.05, 0.1) is 11.5 Å². The minimum Gasteiger partial charge on any atom is -0.346 e. The van der Waals surface area contributed by atoms with Crippen LogP contribution in [0.1, 0.15) is 56.8 Å². The number of carbonyl (C=O) groups is 1. The highest BCUT2D eigenvalue weighted by atomic mass is 35.5. The summed E-state index contributed by atoms with van der Waals surface area (Å²) in [6, 6.07) is -0.530. The van der Waals surface area contributed by atoms with Gasteiger partial charge < -0.3 is 11.1 Å². The number of thiazole rings is 1. The molecule has 0 radical (unpaired) electrons. The Morgan fingerprint density at radius 3 is 2.26 bits per heavy atom. The summed E-state index contributed by atoms with van der Waals surface area (Å²) in [5.41, 5.74) is 4.12. The number of nitrogens with two attached hydrogens (primary N) is 1. The van der Waals surface area contributed by atoms with Crippen molar-refractivity contribution in [2.45, 2.75) is 52.3 Å². The van der Waals surface area contributed by atoms with Crippen LogP contribution in [0.3, 0.4) is 0 Å². The number of alkyl halides is 3. The molecule has 0 bridgehead atoms. The first-order valence-corrected chi connectivity index (χ1v) is 8.15. The van der Waals surface area contributed by atoms with E-state index in [0.29, 0.717) is 19.3 Å². The second-order valence-corrected chi connectivity index (χ2v) is 6.08. The fourth-order valence-corrected chi connectivity index (χ4v) is 3.14. The van der Waals surface area contributed by atoms with Crippen molar-refractivity contribution >= 4 is 29.7 Å². The smallest absolute Gasteiger partial charge is 0.346 e. The molecule has 0 fully saturated rings. The van der Waals surface area contributed by atoms with E-state index in [1.165, 1.54) is 0 Å². The van der Waals surface area contributed by atoms with Crippen LogP contribution >= 0.6 is 23.7 Å². The molecule has 0 spiro atoms. The quantitative estimate of drug-likeness (QED) is 0.761. The molecule has 1 heterocycles. The first kappa shape index (κ1) is 22.1. The average Bonchev–Trinajstić information content (AvgIpc) is 2.97. The van der Waals surface area contributed by atoms with Crippen molar-refractivity contribution in [1.29, 1.82) is 0 Å². The summed E-state index contributed by atoms with van der Waals surface area (Å²) >= 11 is 0.907. The molecule has 1 amide bonds. The van der Waals surface area contributed by atoms with Gasteiger partial charge in [-0.3, -0.25) is 4.79 Å². The van der Waals surface area contributed by atoms with Crippen LogP contribution in [0.2, 0.25) is 0 Å². The number of hydrogen-bond acceptors (Lipinski definition) is 4. The second kappa shape index (κ2) is 8.84. The Morgan fingerprint density at radius 1 is 1.35 bits per heavy atom. The maximum atomic E-state index is 12.6. The largest absolute Gasteiger partial charge is 0.434 e. The van der Waals surface area contributed by atoms with E-state index in [-0.39, 0.29) is 29.9 Å². The van der Waals surface area contributed by atoms with Crippen LogP contribution in [0, 0.1) is 5.41 Å². The van der Waals surface area contributed by atoms with Gasteiger partial charge in [-0.2, -0.15) is 13.2 Å². The molecule has 0 aliphatic rings. The van der Waals surface area contributed by atoms with Gasteiger partial charge in [0.25, 0.3) is 0 Å². The molecule has 0 aliphatic carbocycles. The molecular formula is C14H23ClF3N3OS. The van der Waals surface area contributed by atoms with Crippen LogP contribution in [-0.2, 0) is 11.0 Å². The third-order valence-electron chi connectivity index (χ3n) is 4.05. The van der Waals surface area contributed by atoms with Crippen LogP contribution in [-0.4, -0.2) is 17.4 Å². The number of amides is 1. The van der Waals surface area contributed by atoms with Crippen molar-refractivity contribution < 1.29 is 18.0 Å². The van der Waals surface area contributed by atoms with Gasteiger partial charge >= 0.3 is 6.18 Å². The summed E-state index contributed by atoms with van der Waals surface area (Å²) < 4.78 is 37.9. The zero-order chi connectivity index (χ0) is 17.0. The number of carbonyl (C=O) groups excluding carboxylic acids is 1. The predicted octanol–water partition coefficient (Wildman–Crippen LogP) is 3.92.